The van der Waals surface area contributed by atoms with Crippen LogP contribution in [0, 0.1) is 5.41 Å². The van der Waals surface area contributed by atoms with Gasteiger partial charge in [0.15, 0.2) is 0 Å². The van der Waals surface area contributed by atoms with Crippen molar-refractivity contribution in [1.82, 2.24) is 5.32 Å². The van der Waals surface area contributed by atoms with Crippen LogP contribution in [0.15, 0.2) is 42.0 Å². The highest BCUT2D eigenvalue weighted by molar-refractivity contribution is 6.01. The second kappa shape index (κ2) is 10.0. The number of aliphatic hydroxyl groups is 4. The fourth-order valence-electron chi connectivity index (χ4n) is 3.94. The molecule has 1 aromatic rings. The van der Waals surface area contributed by atoms with Gasteiger partial charge in [-0.3, -0.25) is 9.59 Å². The second-order valence-electron chi connectivity index (χ2n) is 8.27. The van der Waals surface area contributed by atoms with Gasteiger partial charge in [0.25, 0.3) is 5.91 Å². The lowest BCUT2D eigenvalue weighted by Crippen LogP contribution is -2.60. The van der Waals surface area contributed by atoms with Crippen molar-refractivity contribution in [1.29, 1.82) is 0 Å². The number of esters is 1. The number of amides is 1. The van der Waals surface area contributed by atoms with Gasteiger partial charge in [-0.25, -0.2) is 0 Å². The minimum absolute atomic E-state index is 0.303. The number of rotatable bonds is 6. The molecule has 10 nitrogen and oxygen atoms in total. The third-order valence-corrected chi connectivity index (χ3v) is 5.83. The van der Waals surface area contributed by atoms with E-state index < -0.39 is 48.7 Å². The number of hydrogen-bond donors (Lipinski definition) is 5. The van der Waals surface area contributed by atoms with E-state index in [9.17, 15) is 30.0 Å². The lowest BCUT2D eigenvalue weighted by molar-refractivity contribution is -0.277. The molecule has 5 N–H and O–H groups in total. The van der Waals surface area contributed by atoms with E-state index in [1.54, 1.807) is 43.3 Å². The summed E-state index contributed by atoms with van der Waals surface area (Å²) in [6, 6.07) is 6.64. The van der Waals surface area contributed by atoms with Gasteiger partial charge in [0.1, 0.15) is 30.2 Å². The summed E-state index contributed by atoms with van der Waals surface area (Å²) in [4.78, 5) is 24.6. The fraction of sp³-hybridized carbons (Fsp3) is 0.478. The van der Waals surface area contributed by atoms with E-state index in [1.807, 2.05) is 0 Å². The van der Waals surface area contributed by atoms with Crippen molar-refractivity contribution >= 4 is 17.4 Å². The Bertz CT molecular complexity index is 940. The maximum Gasteiger partial charge on any atom is 0.315 e. The SMILES string of the molecule is CNC(=O)C1=CC(C)(C(=O)OC)CC(c2ccc(O[C@H]3O[C@H](CO)[C@@H](O)[C@H](O)[C@@H]3O)cc2)=C1. The highest BCUT2D eigenvalue weighted by atomic mass is 16.7. The standard InChI is InChI=1S/C23H29NO9/c1-23(22(30)31-3)9-13(8-14(10-23)20(29)24-2)12-4-6-15(7-5-12)32-21-19(28)18(27)17(26)16(11-25)33-21/h4-8,10,16-19,21,25-28H,9,11H2,1-3H3,(H,24,29)/t16-,17-,18+,19+,21+,23?/m1/s1. The molecule has 180 valence electrons. The molecule has 0 spiro atoms. The van der Waals surface area contributed by atoms with Gasteiger partial charge in [0, 0.05) is 12.6 Å². The minimum Gasteiger partial charge on any atom is -0.468 e. The van der Waals surface area contributed by atoms with Crippen LogP contribution >= 0.6 is 0 Å². The predicted molar refractivity (Wildman–Crippen MR) is 116 cm³/mol. The number of ether oxygens (including phenoxy) is 3. The van der Waals surface area contributed by atoms with Crippen LogP contribution in [0.5, 0.6) is 5.75 Å². The summed E-state index contributed by atoms with van der Waals surface area (Å²) >= 11 is 0. The molecule has 1 amide bonds. The number of aliphatic hydroxyl groups excluding tert-OH is 4. The molecule has 0 bridgehead atoms. The first-order valence-corrected chi connectivity index (χ1v) is 10.4. The van der Waals surface area contributed by atoms with Crippen LogP contribution in [0.4, 0.5) is 0 Å². The van der Waals surface area contributed by atoms with Gasteiger partial charge in [0.2, 0.25) is 6.29 Å². The summed E-state index contributed by atoms with van der Waals surface area (Å²) in [5, 5.41) is 41.8. The zero-order valence-corrected chi connectivity index (χ0v) is 18.6. The van der Waals surface area contributed by atoms with Crippen LogP contribution in [0.3, 0.4) is 0 Å². The number of nitrogens with one attached hydrogen (secondary N) is 1. The molecular formula is C23H29NO9. The quantitative estimate of drug-likeness (QED) is 0.351. The van der Waals surface area contributed by atoms with Crippen molar-refractivity contribution in [2.24, 2.45) is 5.41 Å². The van der Waals surface area contributed by atoms with Gasteiger partial charge in [-0.2, -0.15) is 0 Å². The number of carbonyl (C=O) groups excluding carboxylic acids is 2. The summed E-state index contributed by atoms with van der Waals surface area (Å²) < 4.78 is 15.9. The van der Waals surface area contributed by atoms with Crippen molar-refractivity contribution in [3.63, 3.8) is 0 Å². The molecule has 2 aliphatic rings. The smallest absolute Gasteiger partial charge is 0.315 e. The molecule has 1 heterocycles. The van der Waals surface area contributed by atoms with Crippen molar-refractivity contribution in [3.05, 3.63) is 47.6 Å². The molecule has 1 aliphatic heterocycles. The largest absolute Gasteiger partial charge is 0.468 e. The van der Waals surface area contributed by atoms with E-state index in [4.69, 9.17) is 14.2 Å². The van der Waals surface area contributed by atoms with Gasteiger partial charge >= 0.3 is 5.97 Å². The average molecular weight is 463 g/mol. The molecule has 33 heavy (non-hydrogen) atoms. The molecule has 6 atom stereocenters. The third kappa shape index (κ3) is 5.10. The lowest BCUT2D eigenvalue weighted by Gasteiger charge is -2.39. The van der Waals surface area contributed by atoms with Crippen molar-refractivity contribution < 1.29 is 44.2 Å². The Labute approximate surface area is 191 Å². The predicted octanol–water partition coefficient (Wildman–Crippen LogP) is -0.496. The number of benzene rings is 1. The molecule has 1 aromatic carbocycles. The molecule has 1 saturated heterocycles. The topological polar surface area (TPSA) is 155 Å². The van der Waals surface area contributed by atoms with Crippen LogP contribution in [0.25, 0.3) is 5.57 Å². The Morgan fingerprint density at radius 1 is 1.15 bits per heavy atom. The first-order chi connectivity index (χ1) is 15.6. The van der Waals surface area contributed by atoms with Gasteiger partial charge < -0.3 is 40.0 Å². The highest BCUT2D eigenvalue weighted by Gasteiger charge is 2.44. The number of methoxy groups -OCH3 is 1. The Kier molecular flexibility index (Phi) is 7.55. The number of likely N-dealkylation sites (N-methyl/N-ethyl adjacent to an activating group) is 1. The first-order valence-electron chi connectivity index (χ1n) is 10.4. The second-order valence-corrected chi connectivity index (χ2v) is 8.27. The van der Waals surface area contributed by atoms with Crippen LogP contribution in [-0.2, 0) is 19.1 Å². The van der Waals surface area contributed by atoms with Crippen LogP contribution in [-0.4, -0.2) is 83.8 Å². The molecule has 10 heteroatoms. The Morgan fingerprint density at radius 2 is 1.82 bits per heavy atom. The summed E-state index contributed by atoms with van der Waals surface area (Å²) in [5.41, 5.74) is 0.795. The summed E-state index contributed by atoms with van der Waals surface area (Å²) in [6.07, 6.45) is -3.31. The summed E-state index contributed by atoms with van der Waals surface area (Å²) in [6.45, 7) is 1.14. The van der Waals surface area contributed by atoms with Crippen molar-refractivity contribution in [2.45, 2.75) is 44.1 Å². The maximum atomic E-state index is 12.4. The van der Waals surface area contributed by atoms with Crippen LogP contribution in [0.2, 0.25) is 0 Å². The third-order valence-electron chi connectivity index (χ3n) is 5.83. The van der Waals surface area contributed by atoms with Crippen molar-refractivity contribution in [2.75, 3.05) is 20.8 Å². The maximum absolute atomic E-state index is 12.4. The van der Waals surface area contributed by atoms with Gasteiger partial charge in [-0.05, 0) is 42.7 Å². The van der Waals surface area contributed by atoms with E-state index in [-0.39, 0.29) is 5.91 Å². The Hall–Kier alpha value is -2.76. The highest BCUT2D eigenvalue weighted by Crippen LogP contribution is 2.40. The van der Waals surface area contributed by atoms with E-state index in [0.29, 0.717) is 17.7 Å². The monoisotopic (exact) mass is 463 g/mol. The molecule has 0 radical (unpaired) electrons. The van der Waals surface area contributed by atoms with E-state index >= 15 is 0 Å². The molecular weight excluding hydrogens is 434 g/mol. The lowest BCUT2D eigenvalue weighted by atomic mass is 9.76. The molecule has 1 fully saturated rings. The van der Waals surface area contributed by atoms with E-state index in [1.165, 1.54) is 14.2 Å². The summed E-state index contributed by atoms with van der Waals surface area (Å²) in [5.74, 6) is -0.487. The molecule has 0 aromatic heterocycles. The molecule has 0 saturated carbocycles. The van der Waals surface area contributed by atoms with Crippen molar-refractivity contribution in [3.8, 4) is 5.75 Å². The van der Waals surface area contributed by atoms with Crippen LogP contribution in [0.1, 0.15) is 18.9 Å². The van der Waals surface area contributed by atoms with Gasteiger partial charge in [-0.1, -0.05) is 18.2 Å². The average Bonchev–Trinajstić information content (AvgIpc) is 2.83. The number of hydrogen-bond acceptors (Lipinski definition) is 9. The first kappa shape index (κ1) is 24.9. The molecule has 3 rings (SSSR count). The van der Waals surface area contributed by atoms with Gasteiger partial charge in [-0.15, -0.1) is 0 Å². The van der Waals surface area contributed by atoms with Gasteiger partial charge in [0.05, 0.1) is 19.1 Å². The normalized spacial score (nSPS) is 31.8. The number of carbonyl (C=O) groups is 2. The van der Waals surface area contributed by atoms with Crippen LogP contribution < -0.4 is 10.1 Å². The Morgan fingerprint density at radius 3 is 2.39 bits per heavy atom. The summed E-state index contributed by atoms with van der Waals surface area (Å²) in [7, 11) is 2.80. The van der Waals surface area contributed by atoms with E-state index in [2.05, 4.69) is 5.32 Å². The zero-order valence-electron chi connectivity index (χ0n) is 18.6. The fourth-order valence-corrected chi connectivity index (χ4v) is 3.94. The minimum atomic E-state index is -1.54. The number of allylic oxidation sites excluding steroid dienone is 1. The molecule has 1 unspecified atom stereocenters. The van der Waals surface area contributed by atoms with E-state index in [0.717, 1.165) is 11.1 Å². The Balaban J connectivity index is 1.81. The molecule has 1 aliphatic carbocycles. The zero-order chi connectivity index (χ0) is 24.3.